The maximum Gasteiger partial charge on any atom is 0.241 e. The smallest absolute Gasteiger partial charge is 0.241 e. The number of carbonyl (C=O) groups is 1. The standard InChI is InChI=1S/C19H20ClNO3S2/c1-14-2-6-16(7-3-14)25-13-12-21-18(22)19(10-11-19)26(23,24)17-8-4-15(20)5-9-17/h2-9H,10-13H2,1H3,(H,21,22). The van der Waals surface area contributed by atoms with Crippen molar-refractivity contribution in [1.29, 1.82) is 0 Å². The Morgan fingerprint density at radius 1 is 1.12 bits per heavy atom. The van der Waals surface area contributed by atoms with Crippen molar-refractivity contribution in [1.82, 2.24) is 5.32 Å². The second kappa shape index (κ2) is 7.62. The molecule has 1 amide bonds. The van der Waals surface area contributed by atoms with Gasteiger partial charge in [-0.1, -0.05) is 29.3 Å². The molecule has 2 aromatic rings. The molecule has 138 valence electrons. The van der Waals surface area contributed by atoms with E-state index in [1.165, 1.54) is 29.8 Å². The normalized spacial score (nSPS) is 15.5. The third kappa shape index (κ3) is 3.92. The van der Waals surface area contributed by atoms with Crippen LogP contribution in [0.3, 0.4) is 0 Å². The zero-order chi connectivity index (χ0) is 18.8. The van der Waals surface area contributed by atoms with E-state index < -0.39 is 20.5 Å². The van der Waals surface area contributed by atoms with Gasteiger partial charge in [-0.3, -0.25) is 4.79 Å². The maximum atomic E-state index is 12.8. The number of nitrogens with one attached hydrogen (secondary N) is 1. The molecule has 0 aromatic heterocycles. The molecule has 7 heteroatoms. The van der Waals surface area contributed by atoms with Crippen LogP contribution in [0.4, 0.5) is 0 Å². The van der Waals surface area contributed by atoms with Crippen LogP contribution in [-0.4, -0.2) is 31.4 Å². The molecule has 0 heterocycles. The lowest BCUT2D eigenvalue weighted by Gasteiger charge is -2.16. The zero-order valence-electron chi connectivity index (χ0n) is 14.4. The molecular weight excluding hydrogens is 390 g/mol. The number of amides is 1. The molecule has 0 unspecified atom stereocenters. The molecule has 3 rings (SSSR count). The van der Waals surface area contributed by atoms with Gasteiger partial charge < -0.3 is 5.32 Å². The minimum absolute atomic E-state index is 0.142. The number of halogens is 1. The van der Waals surface area contributed by atoms with Crippen LogP contribution in [0.1, 0.15) is 18.4 Å². The van der Waals surface area contributed by atoms with Gasteiger partial charge in [-0.15, -0.1) is 11.8 Å². The van der Waals surface area contributed by atoms with Crippen LogP contribution in [0.2, 0.25) is 5.02 Å². The van der Waals surface area contributed by atoms with Crippen molar-refractivity contribution in [3.63, 3.8) is 0 Å². The lowest BCUT2D eigenvalue weighted by atomic mass is 10.2. The molecule has 0 atom stereocenters. The number of thioether (sulfide) groups is 1. The summed E-state index contributed by atoms with van der Waals surface area (Å²) in [7, 11) is -3.71. The van der Waals surface area contributed by atoms with Crippen LogP contribution in [0, 0.1) is 6.92 Å². The minimum atomic E-state index is -3.71. The fraction of sp³-hybridized carbons (Fsp3) is 0.316. The highest BCUT2D eigenvalue weighted by Gasteiger charge is 2.61. The highest BCUT2D eigenvalue weighted by atomic mass is 35.5. The van der Waals surface area contributed by atoms with E-state index in [-0.39, 0.29) is 4.90 Å². The molecule has 1 saturated carbocycles. The van der Waals surface area contributed by atoms with E-state index in [4.69, 9.17) is 11.6 Å². The van der Waals surface area contributed by atoms with Crippen LogP contribution in [0.15, 0.2) is 58.3 Å². The lowest BCUT2D eigenvalue weighted by Crippen LogP contribution is -2.42. The second-order valence-corrected chi connectivity index (χ2v) is 10.2. The minimum Gasteiger partial charge on any atom is -0.354 e. The summed E-state index contributed by atoms with van der Waals surface area (Å²) in [5, 5.41) is 3.25. The highest BCUT2D eigenvalue weighted by molar-refractivity contribution is 7.99. The molecular formula is C19H20ClNO3S2. The van der Waals surface area contributed by atoms with Crippen LogP contribution in [-0.2, 0) is 14.6 Å². The Hall–Kier alpha value is -1.50. The number of sulfone groups is 1. The molecule has 1 fully saturated rings. The zero-order valence-corrected chi connectivity index (χ0v) is 16.8. The number of rotatable bonds is 7. The van der Waals surface area contributed by atoms with Gasteiger partial charge in [-0.25, -0.2) is 8.42 Å². The van der Waals surface area contributed by atoms with Gasteiger partial charge in [-0.2, -0.15) is 0 Å². The molecule has 0 bridgehead atoms. The van der Waals surface area contributed by atoms with Crippen molar-refractivity contribution >= 4 is 39.1 Å². The number of aryl methyl sites for hydroxylation is 1. The summed E-state index contributed by atoms with van der Waals surface area (Å²) in [5.41, 5.74) is 1.20. The van der Waals surface area contributed by atoms with Crippen molar-refractivity contribution in [2.24, 2.45) is 0 Å². The first-order valence-electron chi connectivity index (χ1n) is 8.33. The van der Waals surface area contributed by atoms with Gasteiger partial charge in [0.2, 0.25) is 5.91 Å². The molecule has 0 radical (unpaired) electrons. The summed E-state index contributed by atoms with van der Waals surface area (Å²) < 4.78 is 24.4. The first-order valence-corrected chi connectivity index (χ1v) is 11.2. The van der Waals surface area contributed by atoms with Crippen molar-refractivity contribution in [3.05, 3.63) is 59.1 Å². The average molecular weight is 410 g/mol. The van der Waals surface area contributed by atoms with Gasteiger partial charge in [0.15, 0.2) is 14.6 Å². The summed E-state index contributed by atoms with van der Waals surface area (Å²) in [5.74, 6) is 0.281. The van der Waals surface area contributed by atoms with Crippen molar-refractivity contribution < 1.29 is 13.2 Å². The van der Waals surface area contributed by atoms with E-state index in [1.807, 2.05) is 31.2 Å². The molecule has 26 heavy (non-hydrogen) atoms. The Morgan fingerprint density at radius 3 is 2.31 bits per heavy atom. The monoisotopic (exact) mass is 409 g/mol. The Bertz CT molecular complexity index is 889. The molecule has 1 N–H and O–H groups in total. The summed E-state index contributed by atoms with van der Waals surface area (Å²) in [6, 6.07) is 14.1. The first kappa shape index (κ1) is 19.3. The van der Waals surface area contributed by atoms with E-state index in [1.54, 1.807) is 11.8 Å². The fourth-order valence-electron chi connectivity index (χ4n) is 2.70. The fourth-order valence-corrected chi connectivity index (χ4v) is 5.50. The van der Waals surface area contributed by atoms with Gasteiger partial charge in [0.25, 0.3) is 0 Å². The topological polar surface area (TPSA) is 63.2 Å². The maximum absolute atomic E-state index is 12.8. The molecule has 1 aliphatic carbocycles. The van der Waals surface area contributed by atoms with Gasteiger partial charge >= 0.3 is 0 Å². The average Bonchev–Trinajstić information content (AvgIpc) is 3.43. The van der Waals surface area contributed by atoms with Crippen LogP contribution in [0.5, 0.6) is 0 Å². The summed E-state index contributed by atoms with van der Waals surface area (Å²) in [6.45, 7) is 2.46. The number of hydrogen-bond acceptors (Lipinski definition) is 4. The number of benzene rings is 2. The number of hydrogen-bond donors (Lipinski definition) is 1. The summed E-state index contributed by atoms with van der Waals surface area (Å²) in [6.07, 6.45) is 0.712. The van der Waals surface area contributed by atoms with Crippen LogP contribution < -0.4 is 5.32 Å². The van der Waals surface area contributed by atoms with Crippen molar-refractivity contribution in [2.45, 2.75) is 34.3 Å². The highest BCUT2D eigenvalue weighted by Crippen LogP contribution is 2.47. The first-order chi connectivity index (χ1) is 12.3. The van der Waals surface area contributed by atoms with E-state index in [0.29, 0.717) is 30.2 Å². The second-order valence-electron chi connectivity index (χ2n) is 6.37. The molecule has 0 spiro atoms. The largest absolute Gasteiger partial charge is 0.354 e. The summed E-state index contributed by atoms with van der Waals surface area (Å²) in [4.78, 5) is 13.8. The molecule has 4 nitrogen and oxygen atoms in total. The van der Waals surface area contributed by atoms with Crippen molar-refractivity contribution in [2.75, 3.05) is 12.3 Å². The molecule has 0 saturated heterocycles. The molecule has 2 aromatic carbocycles. The van der Waals surface area contributed by atoms with E-state index >= 15 is 0 Å². The molecule has 0 aliphatic heterocycles. The van der Waals surface area contributed by atoms with Gasteiger partial charge in [-0.05, 0) is 56.2 Å². The van der Waals surface area contributed by atoms with Crippen molar-refractivity contribution in [3.8, 4) is 0 Å². The van der Waals surface area contributed by atoms with E-state index in [0.717, 1.165) is 4.90 Å². The Morgan fingerprint density at radius 2 is 1.73 bits per heavy atom. The third-order valence-corrected chi connectivity index (χ3v) is 8.21. The van der Waals surface area contributed by atoms with Crippen LogP contribution in [0.25, 0.3) is 0 Å². The predicted octanol–water partition coefficient (Wildman–Crippen LogP) is 3.86. The Balaban J connectivity index is 1.58. The van der Waals surface area contributed by atoms with Gasteiger partial charge in [0, 0.05) is 22.2 Å². The Kier molecular flexibility index (Phi) is 5.65. The molecule has 1 aliphatic rings. The summed E-state index contributed by atoms with van der Waals surface area (Å²) >= 11 is 7.45. The Labute approximate surface area is 163 Å². The van der Waals surface area contributed by atoms with Gasteiger partial charge in [0.1, 0.15) is 0 Å². The van der Waals surface area contributed by atoms with E-state index in [2.05, 4.69) is 5.32 Å². The lowest BCUT2D eigenvalue weighted by molar-refractivity contribution is -0.121. The van der Waals surface area contributed by atoms with Crippen LogP contribution >= 0.6 is 23.4 Å². The predicted molar refractivity (Wildman–Crippen MR) is 106 cm³/mol. The third-order valence-electron chi connectivity index (χ3n) is 4.43. The SMILES string of the molecule is Cc1ccc(SCCNC(=O)C2(S(=O)(=O)c3ccc(Cl)cc3)CC2)cc1. The number of carbonyl (C=O) groups excluding carboxylic acids is 1. The quantitative estimate of drug-likeness (QED) is 0.557. The van der Waals surface area contributed by atoms with Gasteiger partial charge in [0.05, 0.1) is 4.90 Å². The van der Waals surface area contributed by atoms with E-state index in [9.17, 15) is 13.2 Å².